The minimum absolute atomic E-state index is 0.0885. The van der Waals surface area contributed by atoms with E-state index in [-0.39, 0.29) is 6.10 Å². The number of alkyl halides is 1. The Kier molecular flexibility index (Phi) is 1.21. The van der Waals surface area contributed by atoms with Gasteiger partial charge in [-0.1, -0.05) is 28.1 Å². The summed E-state index contributed by atoms with van der Waals surface area (Å²) in [4.78, 5) is 0.530. The molecule has 0 aromatic rings. The van der Waals surface area contributed by atoms with E-state index in [0.717, 1.165) is 6.42 Å². The van der Waals surface area contributed by atoms with Crippen LogP contribution in [0.4, 0.5) is 0 Å². The first-order chi connectivity index (χ1) is 4.29. The van der Waals surface area contributed by atoms with Crippen LogP contribution < -0.4 is 0 Å². The lowest BCUT2D eigenvalue weighted by atomic mass is 10.1. The number of hydrogen-bond donors (Lipinski definition) is 1. The Hall–Kier alpha value is 0.180. The molecule has 0 aromatic heterocycles. The van der Waals surface area contributed by atoms with Gasteiger partial charge in [0.25, 0.3) is 0 Å². The van der Waals surface area contributed by atoms with Gasteiger partial charge in [-0.05, 0) is 6.42 Å². The highest BCUT2D eigenvalue weighted by Gasteiger charge is 2.42. The standard InChI is InChI=1S/C7H9BrO/c8-6-3-4-1-2-5(6)7(4)9/h1-2,4-7,9H,3H2/t4-,5+,6-,7+/m0/s1. The molecule has 2 aliphatic rings. The second-order valence-electron chi connectivity index (χ2n) is 2.87. The summed E-state index contributed by atoms with van der Waals surface area (Å²) in [5.41, 5.74) is 0. The van der Waals surface area contributed by atoms with Crippen LogP contribution in [0.25, 0.3) is 0 Å². The van der Waals surface area contributed by atoms with Gasteiger partial charge >= 0.3 is 0 Å². The van der Waals surface area contributed by atoms with Gasteiger partial charge in [-0.2, -0.15) is 0 Å². The summed E-state index contributed by atoms with van der Waals surface area (Å²) >= 11 is 3.52. The van der Waals surface area contributed by atoms with Gasteiger partial charge in [0.2, 0.25) is 0 Å². The molecule has 2 aliphatic carbocycles. The average molecular weight is 189 g/mol. The van der Waals surface area contributed by atoms with Crippen LogP contribution in [-0.2, 0) is 0 Å². The zero-order chi connectivity index (χ0) is 6.43. The molecule has 0 aliphatic heterocycles. The van der Waals surface area contributed by atoms with Gasteiger partial charge in [0, 0.05) is 16.7 Å². The number of hydrogen-bond acceptors (Lipinski definition) is 1. The van der Waals surface area contributed by atoms with E-state index in [1.54, 1.807) is 0 Å². The molecule has 1 nitrogen and oxygen atoms in total. The first kappa shape index (κ1) is 5.93. The maximum Gasteiger partial charge on any atom is 0.0676 e. The Morgan fingerprint density at radius 3 is 2.44 bits per heavy atom. The van der Waals surface area contributed by atoms with E-state index in [0.29, 0.717) is 16.7 Å². The third kappa shape index (κ3) is 0.696. The molecular weight excluding hydrogens is 180 g/mol. The predicted molar refractivity (Wildman–Crippen MR) is 39.5 cm³/mol. The number of fused-ring (bicyclic) bond motifs is 2. The Balaban J connectivity index is 2.26. The van der Waals surface area contributed by atoms with Gasteiger partial charge in [0.15, 0.2) is 0 Å². The van der Waals surface area contributed by atoms with Crippen molar-refractivity contribution in [2.45, 2.75) is 17.4 Å². The van der Waals surface area contributed by atoms with Crippen LogP contribution in [0.5, 0.6) is 0 Å². The molecular formula is C7H9BrO. The van der Waals surface area contributed by atoms with Crippen LogP contribution in [0.3, 0.4) is 0 Å². The van der Waals surface area contributed by atoms with Gasteiger partial charge in [0.1, 0.15) is 0 Å². The molecule has 1 N–H and O–H groups in total. The highest BCUT2D eigenvalue weighted by molar-refractivity contribution is 9.09. The molecule has 0 spiro atoms. The summed E-state index contributed by atoms with van der Waals surface area (Å²) in [5, 5.41) is 9.41. The highest BCUT2D eigenvalue weighted by Crippen LogP contribution is 2.42. The summed E-state index contributed by atoms with van der Waals surface area (Å²) in [6, 6.07) is 0. The molecule has 0 radical (unpaired) electrons. The minimum Gasteiger partial charge on any atom is -0.392 e. The SMILES string of the molecule is O[C@H]1[C@@H]2C=C[C@H]1C[C@@H]2Br. The molecule has 0 heterocycles. The fourth-order valence-electron chi connectivity index (χ4n) is 1.75. The first-order valence-electron chi connectivity index (χ1n) is 3.29. The summed E-state index contributed by atoms with van der Waals surface area (Å²) < 4.78 is 0. The lowest BCUT2D eigenvalue weighted by Gasteiger charge is -2.08. The van der Waals surface area contributed by atoms with Crippen LogP contribution in [0.2, 0.25) is 0 Å². The summed E-state index contributed by atoms with van der Waals surface area (Å²) in [6.07, 6.45) is 5.28. The second kappa shape index (κ2) is 1.83. The summed E-state index contributed by atoms with van der Waals surface area (Å²) in [5.74, 6) is 0.842. The molecule has 0 amide bonds. The molecule has 50 valence electrons. The number of halogens is 1. The van der Waals surface area contributed by atoms with Crippen LogP contribution in [-0.4, -0.2) is 16.0 Å². The van der Waals surface area contributed by atoms with E-state index < -0.39 is 0 Å². The second-order valence-corrected chi connectivity index (χ2v) is 4.04. The molecule has 1 fully saturated rings. The Labute approximate surface area is 62.9 Å². The number of aliphatic hydroxyl groups excluding tert-OH is 1. The lowest BCUT2D eigenvalue weighted by Crippen LogP contribution is -2.15. The van der Waals surface area contributed by atoms with E-state index >= 15 is 0 Å². The van der Waals surface area contributed by atoms with Crippen molar-refractivity contribution in [1.82, 2.24) is 0 Å². The van der Waals surface area contributed by atoms with E-state index in [1.165, 1.54) is 0 Å². The van der Waals surface area contributed by atoms with Gasteiger partial charge in [-0.25, -0.2) is 0 Å². The molecule has 9 heavy (non-hydrogen) atoms. The van der Waals surface area contributed by atoms with Gasteiger partial charge in [-0.15, -0.1) is 0 Å². The Bertz CT molecular complexity index is 155. The fraction of sp³-hybridized carbons (Fsp3) is 0.714. The molecule has 2 heteroatoms. The van der Waals surface area contributed by atoms with E-state index in [2.05, 4.69) is 28.1 Å². The largest absolute Gasteiger partial charge is 0.392 e. The van der Waals surface area contributed by atoms with Crippen LogP contribution >= 0.6 is 15.9 Å². The summed E-state index contributed by atoms with van der Waals surface area (Å²) in [7, 11) is 0. The molecule has 0 unspecified atom stereocenters. The topological polar surface area (TPSA) is 20.2 Å². The van der Waals surface area contributed by atoms with Crippen molar-refractivity contribution in [3.8, 4) is 0 Å². The molecule has 0 saturated heterocycles. The molecule has 1 saturated carbocycles. The molecule has 2 bridgehead atoms. The van der Waals surface area contributed by atoms with Crippen molar-refractivity contribution < 1.29 is 5.11 Å². The van der Waals surface area contributed by atoms with E-state index in [9.17, 15) is 5.11 Å². The number of aliphatic hydroxyl groups is 1. The maximum atomic E-state index is 9.41. The van der Waals surface area contributed by atoms with Gasteiger partial charge < -0.3 is 5.11 Å². The minimum atomic E-state index is -0.0885. The normalized spacial score (nSPS) is 54.9. The monoisotopic (exact) mass is 188 g/mol. The number of rotatable bonds is 0. The van der Waals surface area contributed by atoms with Crippen molar-refractivity contribution in [2.24, 2.45) is 11.8 Å². The third-order valence-corrected chi connectivity index (χ3v) is 3.31. The van der Waals surface area contributed by atoms with Crippen LogP contribution in [0.15, 0.2) is 12.2 Å². The van der Waals surface area contributed by atoms with Crippen molar-refractivity contribution >= 4 is 15.9 Å². The van der Waals surface area contributed by atoms with E-state index in [1.807, 2.05) is 0 Å². The molecule has 0 aromatic carbocycles. The van der Waals surface area contributed by atoms with Crippen molar-refractivity contribution in [3.63, 3.8) is 0 Å². The Morgan fingerprint density at radius 1 is 1.44 bits per heavy atom. The van der Waals surface area contributed by atoms with Gasteiger partial charge in [0.05, 0.1) is 6.10 Å². The first-order valence-corrected chi connectivity index (χ1v) is 4.21. The van der Waals surface area contributed by atoms with Crippen LogP contribution in [0, 0.1) is 11.8 Å². The van der Waals surface area contributed by atoms with Crippen LogP contribution in [0.1, 0.15) is 6.42 Å². The maximum absolute atomic E-state index is 9.41. The third-order valence-electron chi connectivity index (χ3n) is 2.33. The van der Waals surface area contributed by atoms with Crippen molar-refractivity contribution in [2.75, 3.05) is 0 Å². The average Bonchev–Trinajstić information content (AvgIpc) is 2.25. The molecule has 2 rings (SSSR count). The van der Waals surface area contributed by atoms with Gasteiger partial charge in [-0.3, -0.25) is 0 Å². The molecule has 4 atom stereocenters. The smallest absolute Gasteiger partial charge is 0.0676 e. The summed E-state index contributed by atoms with van der Waals surface area (Å²) in [6.45, 7) is 0. The Morgan fingerprint density at radius 2 is 2.22 bits per heavy atom. The quantitative estimate of drug-likeness (QED) is 0.450. The highest BCUT2D eigenvalue weighted by atomic mass is 79.9. The lowest BCUT2D eigenvalue weighted by molar-refractivity contribution is 0.138. The predicted octanol–water partition coefficient (Wildman–Crippen LogP) is 1.32. The zero-order valence-corrected chi connectivity index (χ0v) is 6.58. The van der Waals surface area contributed by atoms with Crippen molar-refractivity contribution in [3.05, 3.63) is 12.2 Å². The fourth-order valence-corrected chi connectivity index (χ4v) is 2.67. The zero-order valence-electron chi connectivity index (χ0n) is 5.00. The van der Waals surface area contributed by atoms with Crippen molar-refractivity contribution in [1.29, 1.82) is 0 Å². The van der Waals surface area contributed by atoms with E-state index in [4.69, 9.17) is 0 Å².